The average molecular weight is 172 g/mol. The van der Waals surface area contributed by atoms with Crippen LogP contribution in [0.5, 0.6) is 0 Å². The van der Waals surface area contributed by atoms with Crippen molar-refractivity contribution in [1.82, 2.24) is 0 Å². The van der Waals surface area contributed by atoms with Gasteiger partial charge >= 0.3 is 16.5 Å². The van der Waals surface area contributed by atoms with E-state index in [2.05, 4.69) is 0 Å². The van der Waals surface area contributed by atoms with Crippen LogP contribution in [0.1, 0.15) is 0 Å². The number of phosphoric acid groups is 1. The van der Waals surface area contributed by atoms with E-state index in [-0.39, 0.29) is 22.0 Å². The zero-order chi connectivity index (χ0) is 4.50. The minimum Gasteiger partial charge on any atom is -0.822 e. The second-order valence-corrected chi connectivity index (χ2v) is 1.34. The number of hydrogen-bond acceptors (Lipinski definition) is 4. The first kappa shape index (κ1) is 15.6. The van der Waals surface area contributed by atoms with E-state index in [0.29, 0.717) is 0 Å². The van der Waals surface area contributed by atoms with E-state index < -0.39 is 7.82 Å². The molecule has 0 atom stereocenters. The molecule has 0 fully saturated rings. The molecule has 0 aromatic carbocycles. The molecule has 2 N–H and O–H groups in total. The van der Waals surface area contributed by atoms with Crippen molar-refractivity contribution in [3.63, 3.8) is 0 Å². The number of hydrogen-bond donors (Lipinski definition) is 0. The van der Waals surface area contributed by atoms with Gasteiger partial charge < -0.3 is 24.7 Å². The molecule has 0 spiro atoms. The molecule has 5 nitrogen and oxygen atoms in total. The van der Waals surface area contributed by atoms with Crippen molar-refractivity contribution in [3.05, 3.63) is 0 Å². The van der Waals surface area contributed by atoms with E-state index in [4.69, 9.17) is 19.2 Å². The molecule has 0 heterocycles. The molecule has 0 amide bonds. The van der Waals surface area contributed by atoms with Crippen LogP contribution in [-0.4, -0.2) is 5.48 Å². The fourth-order valence-electron chi connectivity index (χ4n) is 0. The van der Waals surface area contributed by atoms with Crippen LogP contribution < -0.4 is 14.7 Å². The monoisotopic (exact) mass is 171 g/mol. The van der Waals surface area contributed by atoms with E-state index in [0.717, 1.165) is 0 Å². The van der Waals surface area contributed by atoms with Crippen molar-refractivity contribution >= 4 is 7.82 Å². The van der Waals surface area contributed by atoms with Crippen LogP contribution in [0, 0.1) is 0 Å². The molecule has 7 heavy (non-hydrogen) atoms. The van der Waals surface area contributed by atoms with Crippen LogP contribution in [0.15, 0.2) is 0 Å². The van der Waals surface area contributed by atoms with Gasteiger partial charge in [-0.1, -0.05) is 0 Å². The van der Waals surface area contributed by atoms with E-state index in [1.54, 1.807) is 0 Å². The summed E-state index contributed by atoms with van der Waals surface area (Å²) in [4.78, 5) is 25.6. The van der Waals surface area contributed by atoms with Crippen molar-refractivity contribution in [1.29, 1.82) is 0 Å². The van der Waals surface area contributed by atoms with Crippen LogP contribution in [-0.2, 0) is 21.1 Å². The SMILES string of the molecule is O.O=P([O-])([O-])[O-].[Ni+3]. The van der Waals surface area contributed by atoms with Gasteiger partial charge in [0.2, 0.25) is 0 Å². The Kier molecular flexibility index (Phi) is 10.5. The Labute approximate surface area is 49.8 Å². The summed E-state index contributed by atoms with van der Waals surface area (Å²) in [7, 11) is -5.39. The zero-order valence-electron chi connectivity index (χ0n) is 2.90. The molecule has 0 aliphatic carbocycles. The predicted molar refractivity (Wildman–Crippen MR) is 11.2 cm³/mol. The molecule has 0 aromatic rings. The van der Waals surface area contributed by atoms with E-state index in [9.17, 15) is 0 Å². The Morgan fingerprint density at radius 1 is 1.14 bits per heavy atom. The molecule has 0 aliphatic heterocycles. The quantitative estimate of drug-likeness (QED) is 0.276. The fourth-order valence-corrected chi connectivity index (χ4v) is 0. The van der Waals surface area contributed by atoms with Crippen molar-refractivity contribution in [2.75, 3.05) is 0 Å². The first-order chi connectivity index (χ1) is 2.00. The van der Waals surface area contributed by atoms with E-state index >= 15 is 0 Å². The summed E-state index contributed by atoms with van der Waals surface area (Å²) in [5.74, 6) is 0. The minimum absolute atomic E-state index is 0. The normalized spacial score (nSPS) is 8.43. The summed E-state index contributed by atoms with van der Waals surface area (Å²) in [5.41, 5.74) is 0. The maximum atomic E-state index is 8.55. The van der Waals surface area contributed by atoms with Gasteiger partial charge in [0, 0.05) is 0 Å². The Bertz CT molecular complexity index is 54.2. The molecule has 0 bridgehead atoms. The molecule has 0 saturated carbocycles. The summed E-state index contributed by atoms with van der Waals surface area (Å²) < 4.78 is 8.55. The smallest absolute Gasteiger partial charge is 0.822 e. The molecule has 0 unspecified atom stereocenters. The Hall–Kier alpha value is 0.564. The van der Waals surface area contributed by atoms with Gasteiger partial charge in [0.05, 0.1) is 0 Å². The van der Waals surface area contributed by atoms with Crippen LogP contribution >= 0.6 is 7.82 Å². The van der Waals surface area contributed by atoms with E-state index in [1.807, 2.05) is 0 Å². The van der Waals surface area contributed by atoms with Gasteiger partial charge in [0.1, 0.15) is 0 Å². The second kappa shape index (κ2) is 4.72. The standard InChI is InChI=1S/Ni.H3O4P.H2O/c;1-5(2,3)4;/h;(H3,1,2,3,4);1H2/q+3;;/p-3. The van der Waals surface area contributed by atoms with Crippen molar-refractivity contribution in [2.45, 2.75) is 0 Å². The van der Waals surface area contributed by atoms with Gasteiger partial charge in [-0.05, 0) is 0 Å². The molecule has 0 aliphatic rings. The van der Waals surface area contributed by atoms with Crippen LogP contribution in [0.2, 0.25) is 0 Å². The van der Waals surface area contributed by atoms with E-state index in [1.165, 1.54) is 0 Å². The zero-order valence-corrected chi connectivity index (χ0v) is 4.78. The largest absolute Gasteiger partial charge is 3.00 e. The first-order valence-electron chi connectivity index (χ1n) is 0.730. The topological polar surface area (TPSA) is 118 Å². The Balaban J connectivity index is -0.0000000800. The Morgan fingerprint density at radius 3 is 1.14 bits per heavy atom. The third-order valence-corrected chi connectivity index (χ3v) is 0. The molecular weight excluding hydrogens is 170 g/mol. The van der Waals surface area contributed by atoms with Crippen LogP contribution in [0.25, 0.3) is 0 Å². The van der Waals surface area contributed by atoms with Gasteiger partial charge in [0.15, 0.2) is 0 Å². The molecule has 7 heteroatoms. The maximum absolute atomic E-state index is 8.55. The Morgan fingerprint density at radius 2 is 1.14 bits per heavy atom. The van der Waals surface area contributed by atoms with Gasteiger partial charge in [-0.3, -0.25) is 0 Å². The van der Waals surface area contributed by atoms with Gasteiger partial charge in [-0.2, -0.15) is 7.82 Å². The van der Waals surface area contributed by atoms with Gasteiger partial charge in [0.25, 0.3) is 0 Å². The molecule has 0 aromatic heterocycles. The molecular formula is H2NiO5P. The summed E-state index contributed by atoms with van der Waals surface area (Å²) >= 11 is 0. The third kappa shape index (κ3) is 430. The summed E-state index contributed by atoms with van der Waals surface area (Å²) in [6.45, 7) is 0. The second-order valence-electron chi connectivity index (χ2n) is 0.447. The fraction of sp³-hybridized carbons (Fsp3) is 0. The summed E-state index contributed by atoms with van der Waals surface area (Å²) in [5, 5.41) is 0. The molecule has 1 radical (unpaired) electrons. The minimum atomic E-state index is -5.39. The molecule has 0 rings (SSSR count). The number of rotatable bonds is 0. The summed E-state index contributed by atoms with van der Waals surface area (Å²) in [6.07, 6.45) is 0. The average Bonchev–Trinajstić information content (AvgIpc) is 0.722. The van der Waals surface area contributed by atoms with Crippen molar-refractivity contribution in [2.24, 2.45) is 0 Å². The van der Waals surface area contributed by atoms with Crippen molar-refractivity contribution < 1.29 is 41.2 Å². The maximum Gasteiger partial charge on any atom is 3.00 e. The van der Waals surface area contributed by atoms with Gasteiger partial charge in [-0.15, -0.1) is 0 Å². The van der Waals surface area contributed by atoms with Crippen LogP contribution in [0.4, 0.5) is 0 Å². The first-order valence-corrected chi connectivity index (χ1v) is 2.19. The summed E-state index contributed by atoms with van der Waals surface area (Å²) in [6, 6.07) is 0. The van der Waals surface area contributed by atoms with Crippen molar-refractivity contribution in [3.8, 4) is 0 Å². The predicted octanol–water partition coefficient (Wildman–Crippen LogP) is -3.65. The van der Waals surface area contributed by atoms with Gasteiger partial charge in [-0.25, -0.2) is 0 Å². The third-order valence-electron chi connectivity index (χ3n) is 0. The molecule has 0 saturated heterocycles. The van der Waals surface area contributed by atoms with Crippen LogP contribution in [0.3, 0.4) is 0 Å². The molecule has 47 valence electrons.